The lowest BCUT2D eigenvalue weighted by Gasteiger charge is -2.30. The third kappa shape index (κ3) is 12.0. The van der Waals surface area contributed by atoms with Gasteiger partial charge in [-0.05, 0) is 94.2 Å². The minimum Gasteiger partial charge on any atom is -0.467 e. The van der Waals surface area contributed by atoms with Crippen LogP contribution in [-0.4, -0.2) is 55.8 Å². The zero-order valence-corrected chi connectivity index (χ0v) is 27.6. The van der Waals surface area contributed by atoms with Gasteiger partial charge in [0, 0.05) is 6.54 Å². The largest absolute Gasteiger partial charge is 0.467 e. The molecule has 270 valence electrons. The van der Waals surface area contributed by atoms with Crippen molar-refractivity contribution in [3.8, 4) is 11.1 Å². The van der Waals surface area contributed by atoms with Crippen molar-refractivity contribution in [3.05, 3.63) is 59.2 Å². The van der Waals surface area contributed by atoms with E-state index >= 15 is 0 Å². The zero-order valence-electron chi connectivity index (χ0n) is 27.6. The molecule has 2 aromatic rings. The summed E-state index contributed by atoms with van der Waals surface area (Å²) in [4.78, 5) is 52.2. The number of halogens is 6. The second kappa shape index (κ2) is 16.4. The minimum absolute atomic E-state index is 0.0334. The predicted molar refractivity (Wildman–Crippen MR) is 165 cm³/mol. The van der Waals surface area contributed by atoms with Gasteiger partial charge in [0.1, 0.15) is 11.6 Å². The molecule has 2 aromatic carbocycles. The van der Waals surface area contributed by atoms with Gasteiger partial charge in [0.05, 0.1) is 36.7 Å². The second-order valence-electron chi connectivity index (χ2n) is 12.7. The van der Waals surface area contributed by atoms with Crippen molar-refractivity contribution < 1.29 is 59.7 Å². The maximum atomic E-state index is 13.9. The Morgan fingerprint density at radius 2 is 1.45 bits per heavy atom. The number of hydrogen-bond acceptors (Lipinski definition) is 7. The third-order valence-electron chi connectivity index (χ3n) is 7.75. The summed E-state index contributed by atoms with van der Waals surface area (Å²) in [5.74, 6) is -4.38. The Morgan fingerprint density at radius 1 is 0.837 bits per heavy atom. The number of nitrogens with one attached hydrogen (secondary N) is 2. The van der Waals surface area contributed by atoms with Gasteiger partial charge < -0.3 is 24.8 Å². The number of rotatable bonds is 5. The number of carbonyl (C=O) groups is 4. The van der Waals surface area contributed by atoms with Crippen LogP contribution in [0.3, 0.4) is 0 Å². The normalized spacial score (nSPS) is 20.5. The van der Waals surface area contributed by atoms with Crippen molar-refractivity contribution in [2.45, 2.75) is 83.3 Å². The summed E-state index contributed by atoms with van der Waals surface area (Å²) in [5, 5.41) is 5.28. The molecule has 1 aliphatic rings. The molecule has 0 aromatic heterocycles. The first-order chi connectivity index (χ1) is 22.8. The lowest BCUT2D eigenvalue weighted by atomic mass is 9.82. The molecule has 0 bridgehead atoms. The first-order valence-corrected chi connectivity index (χ1v) is 15.7. The fourth-order valence-corrected chi connectivity index (χ4v) is 5.34. The number of esters is 2. The Kier molecular flexibility index (Phi) is 13.1. The first-order valence-electron chi connectivity index (χ1n) is 15.7. The highest BCUT2D eigenvalue weighted by Crippen LogP contribution is 2.39. The third-order valence-corrected chi connectivity index (χ3v) is 7.75. The van der Waals surface area contributed by atoms with E-state index in [1.807, 2.05) is 0 Å². The number of hydrogen-bond donors (Lipinski definition) is 2. The summed E-state index contributed by atoms with van der Waals surface area (Å²) in [6, 6.07) is 5.70. The standard InChI is InChI=1S/C34H40F6N2O7/c1-32(2,3)49-29(44)25-8-7-15-48-31(46)41-14-6-5-9-27(30(45)47-4)42-28(43)26(25)16-20-10-12-21(13-11-20)22-17-23(33(35,36)37)19-24(18-22)34(38,39)40/h10-13,17-19,25-27H,5-9,14-16H2,1-4H3,(H,41,46)(H,42,43)/t25-,26+,27-/m0/s1. The van der Waals surface area contributed by atoms with E-state index in [1.165, 1.54) is 24.3 Å². The molecule has 49 heavy (non-hydrogen) atoms. The van der Waals surface area contributed by atoms with E-state index in [2.05, 4.69) is 10.6 Å². The molecular weight excluding hydrogens is 662 g/mol. The van der Waals surface area contributed by atoms with Gasteiger partial charge in [-0.1, -0.05) is 24.3 Å². The number of benzene rings is 2. The summed E-state index contributed by atoms with van der Waals surface area (Å²) in [5.41, 5.74) is -3.72. The molecule has 0 saturated carbocycles. The summed E-state index contributed by atoms with van der Waals surface area (Å²) in [6.07, 6.45) is -9.61. The van der Waals surface area contributed by atoms with E-state index in [1.54, 1.807) is 20.8 Å². The summed E-state index contributed by atoms with van der Waals surface area (Å²) >= 11 is 0. The molecule has 0 radical (unpaired) electrons. The maximum absolute atomic E-state index is 13.9. The number of carbonyl (C=O) groups excluding carboxylic acids is 4. The predicted octanol–water partition coefficient (Wildman–Crippen LogP) is 6.86. The number of ether oxygens (including phenoxy) is 3. The molecule has 1 saturated heterocycles. The number of alkyl halides is 6. The van der Waals surface area contributed by atoms with Crippen LogP contribution in [0.2, 0.25) is 0 Å². The first kappa shape index (κ1) is 39.1. The van der Waals surface area contributed by atoms with Gasteiger partial charge in [-0.15, -0.1) is 0 Å². The number of amides is 2. The highest BCUT2D eigenvalue weighted by molar-refractivity contribution is 5.89. The summed E-state index contributed by atoms with van der Waals surface area (Å²) in [7, 11) is 1.16. The van der Waals surface area contributed by atoms with Crippen LogP contribution in [0, 0.1) is 11.8 Å². The maximum Gasteiger partial charge on any atom is 0.416 e. The SMILES string of the molecule is COC(=O)[C@@H]1CCCCNC(=O)OCCC[C@H](C(=O)OC(C)(C)C)[C@@H](Cc2ccc(-c3cc(C(F)(F)F)cc(C(F)(F)F)c3)cc2)C(=O)N1. The Labute approximate surface area is 280 Å². The Balaban J connectivity index is 2.03. The lowest BCUT2D eigenvalue weighted by Crippen LogP contribution is -2.48. The minimum atomic E-state index is -5.03. The molecular formula is C34H40F6N2O7. The van der Waals surface area contributed by atoms with Crippen molar-refractivity contribution in [1.29, 1.82) is 0 Å². The van der Waals surface area contributed by atoms with E-state index < -0.39 is 70.9 Å². The average Bonchev–Trinajstić information content (AvgIpc) is 3.01. The fraction of sp³-hybridized carbons (Fsp3) is 0.529. The van der Waals surface area contributed by atoms with Crippen molar-refractivity contribution in [2.24, 2.45) is 11.8 Å². The van der Waals surface area contributed by atoms with Gasteiger partial charge in [-0.25, -0.2) is 9.59 Å². The lowest BCUT2D eigenvalue weighted by molar-refractivity contribution is -0.164. The van der Waals surface area contributed by atoms with Gasteiger partial charge >= 0.3 is 30.4 Å². The van der Waals surface area contributed by atoms with Crippen LogP contribution in [0.15, 0.2) is 42.5 Å². The topological polar surface area (TPSA) is 120 Å². The van der Waals surface area contributed by atoms with Gasteiger partial charge in [-0.3, -0.25) is 9.59 Å². The van der Waals surface area contributed by atoms with Crippen molar-refractivity contribution in [2.75, 3.05) is 20.3 Å². The second-order valence-corrected chi connectivity index (χ2v) is 12.7. The molecule has 9 nitrogen and oxygen atoms in total. The average molecular weight is 703 g/mol. The highest BCUT2D eigenvalue weighted by atomic mass is 19.4. The highest BCUT2D eigenvalue weighted by Gasteiger charge is 2.39. The molecule has 3 rings (SSSR count). The molecule has 2 N–H and O–H groups in total. The van der Waals surface area contributed by atoms with E-state index in [9.17, 15) is 45.5 Å². The van der Waals surface area contributed by atoms with Crippen LogP contribution in [0.25, 0.3) is 11.1 Å². The van der Waals surface area contributed by atoms with Crippen molar-refractivity contribution in [1.82, 2.24) is 10.6 Å². The van der Waals surface area contributed by atoms with Crippen molar-refractivity contribution >= 4 is 23.9 Å². The van der Waals surface area contributed by atoms with Crippen LogP contribution >= 0.6 is 0 Å². The fourth-order valence-electron chi connectivity index (χ4n) is 5.34. The van der Waals surface area contributed by atoms with Gasteiger partial charge in [-0.2, -0.15) is 26.3 Å². The monoisotopic (exact) mass is 702 g/mol. The molecule has 0 unspecified atom stereocenters. The molecule has 0 aliphatic carbocycles. The number of methoxy groups -OCH3 is 1. The van der Waals surface area contributed by atoms with Gasteiger partial charge in [0.25, 0.3) is 0 Å². The molecule has 3 atom stereocenters. The smallest absolute Gasteiger partial charge is 0.416 e. The number of cyclic esters (lactones) is 1. The Hall–Kier alpha value is -4.30. The molecule has 1 aliphatic heterocycles. The van der Waals surface area contributed by atoms with Crippen LogP contribution in [-0.2, 0) is 47.4 Å². The van der Waals surface area contributed by atoms with E-state index in [4.69, 9.17) is 14.2 Å². The molecule has 1 fully saturated rings. The Morgan fingerprint density at radius 3 is 2.00 bits per heavy atom. The summed E-state index contributed by atoms with van der Waals surface area (Å²) in [6.45, 7) is 5.12. The number of alkyl carbamates (subject to hydrolysis) is 1. The van der Waals surface area contributed by atoms with Crippen LogP contribution in [0.5, 0.6) is 0 Å². The van der Waals surface area contributed by atoms with Crippen LogP contribution in [0.4, 0.5) is 31.1 Å². The summed E-state index contributed by atoms with van der Waals surface area (Å²) < 4.78 is 96.5. The quantitative estimate of drug-likeness (QED) is 0.199. The van der Waals surface area contributed by atoms with Crippen LogP contribution in [0.1, 0.15) is 69.6 Å². The molecule has 15 heteroatoms. The van der Waals surface area contributed by atoms with E-state index in [-0.39, 0.29) is 56.0 Å². The van der Waals surface area contributed by atoms with Gasteiger partial charge in [0.15, 0.2) is 0 Å². The van der Waals surface area contributed by atoms with Crippen LogP contribution < -0.4 is 10.6 Å². The zero-order chi connectivity index (χ0) is 36.6. The Bertz CT molecular complexity index is 1440. The molecule has 1 heterocycles. The molecule has 2 amide bonds. The van der Waals surface area contributed by atoms with Crippen molar-refractivity contribution in [3.63, 3.8) is 0 Å². The van der Waals surface area contributed by atoms with E-state index in [0.717, 1.165) is 7.11 Å². The molecule has 0 spiro atoms. The van der Waals surface area contributed by atoms with Gasteiger partial charge in [0.2, 0.25) is 5.91 Å². The van der Waals surface area contributed by atoms with E-state index in [0.29, 0.717) is 30.5 Å².